The quantitative estimate of drug-likeness (QED) is 0.856. The Balaban J connectivity index is 1.61. The van der Waals surface area contributed by atoms with Gasteiger partial charge in [-0.25, -0.2) is 0 Å². The summed E-state index contributed by atoms with van der Waals surface area (Å²) in [6.07, 6.45) is 4.64. The van der Waals surface area contributed by atoms with Crippen LogP contribution in [0.15, 0.2) is 16.8 Å². The molecule has 2 aromatic heterocycles. The van der Waals surface area contributed by atoms with Gasteiger partial charge in [0.15, 0.2) is 5.82 Å². The van der Waals surface area contributed by atoms with Gasteiger partial charge in [-0.05, 0) is 25.5 Å². The third-order valence-electron chi connectivity index (χ3n) is 4.07. The summed E-state index contributed by atoms with van der Waals surface area (Å²) in [7, 11) is 0. The Bertz CT molecular complexity index is 666. The standard InChI is InChI=1S/C15H21N5O3/c1-2-13-16-14(23-18-13)9-19-6-3-4-11(8-19)12-5-7-20(17-12)10-15(21)22/h5,7,11H,2-4,6,8-10H2,1H3,(H,21,22)/t11-/m1/s1. The fourth-order valence-corrected chi connectivity index (χ4v) is 2.95. The highest BCUT2D eigenvalue weighted by Gasteiger charge is 2.24. The van der Waals surface area contributed by atoms with Crippen molar-refractivity contribution in [1.29, 1.82) is 0 Å². The van der Waals surface area contributed by atoms with Crippen LogP contribution in [0, 0.1) is 0 Å². The lowest BCUT2D eigenvalue weighted by atomic mass is 9.95. The first kappa shape index (κ1) is 15.7. The minimum Gasteiger partial charge on any atom is -0.480 e. The molecule has 0 amide bonds. The Morgan fingerprint density at radius 1 is 1.52 bits per heavy atom. The van der Waals surface area contributed by atoms with Gasteiger partial charge in [0.2, 0.25) is 5.89 Å². The van der Waals surface area contributed by atoms with Gasteiger partial charge in [0.05, 0.1) is 12.2 Å². The second-order valence-electron chi connectivity index (χ2n) is 5.86. The zero-order valence-corrected chi connectivity index (χ0v) is 13.2. The Morgan fingerprint density at radius 2 is 2.39 bits per heavy atom. The van der Waals surface area contributed by atoms with Crippen molar-refractivity contribution >= 4 is 5.97 Å². The van der Waals surface area contributed by atoms with Crippen molar-refractivity contribution in [2.45, 2.75) is 45.2 Å². The van der Waals surface area contributed by atoms with E-state index in [1.807, 2.05) is 13.0 Å². The van der Waals surface area contributed by atoms with E-state index in [0.717, 1.165) is 43.9 Å². The molecule has 23 heavy (non-hydrogen) atoms. The number of carboxylic acid groups (broad SMARTS) is 1. The maximum absolute atomic E-state index is 10.7. The van der Waals surface area contributed by atoms with E-state index in [1.165, 1.54) is 4.68 Å². The van der Waals surface area contributed by atoms with Crippen LogP contribution >= 0.6 is 0 Å². The maximum Gasteiger partial charge on any atom is 0.325 e. The summed E-state index contributed by atoms with van der Waals surface area (Å²) >= 11 is 0. The zero-order valence-electron chi connectivity index (χ0n) is 13.2. The lowest BCUT2D eigenvalue weighted by molar-refractivity contribution is -0.137. The first-order valence-corrected chi connectivity index (χ1v) is 7.93. The molecule has 1 aliphatic rings. The molecule has 0 saturated carbocycles. The first-order valence-electron chi connectivity index (χ1n) is 7.93. The molecule has 3 heterocycles. The summed E-state index contributed by atoms with van der Waals surface area (Å²) in [6, 6.07) is 1.92. The molecule has 1 N–H and O–H groups in total. The molecular weight excluding hydrogens is 298 g/mol. The number of hydrogen-bond donors (Lipinski definition) is 1. The third kappa shape index (κ3) is 3.95. The van der Waals surface area contributed by atoms with E-state index >= 15 is 0 Å². The molecule has 1 saturated heterocycles. The van der Waals surface area contributed by atoms with E-state index in [-0.39, 0.29) is 6.54 Å². The van der Waals surface area contributed by atoms with Gasteiger partial charge in [-0.15, -0.1) is 0 Å². The van der Waals surface area contributed by atoms with Gasteiger partial charge >= 0.3 is 5.97 Å². The van der Waals surface area contributed by atoms with Gasteiger partial charge in [-0.1, -0.05) is 12.1 Å². The summed E-state index contributed by atoms with van der Waals surface area (Å²) < 4.78 is 6.73. The molecule has 124 valence electrons. The van der Waals surface area contributed by atoms with Crippen molar-refractivity contribution < 1.29 is 14.4 Å². The number of hydrogen-bond acceptors (Lipinski definition) is 6. The van der Waals surface area contributed by atoms with Crippen LogP contribution in [0.2, 0.25) is 0 Å². The molecule has 0 bridgehead atoms. The second-order valence-corrected chi connectivity index (χ2v) is 5.86. The Hall–Kier alpha value is -2.22. The summed E-state index contributed by atoms with van der Waals surface area (Å²) in [5.74, 6) is 0.820. The molecule has 0 aliphatic carbocycles. The van der Waals surface area contributed by atoms with Crippen molar-refractivity contribution in [3.8, 4) is 0 Å². The van der Waals surface area contributed by atoms with Crippen LogP contribution in [-0.4, -0.2) is 49.0 Å². The smallest absolute Gasteiger partial charge is 0.325 e. The molecule has 0 radical (unpaired) electrons. The van der Waals surface area contributed by atoms with Crippen molar-refractivity contribution in [3.63, 3.8) is 0 Å². The number of likely N-dealkylation sites (tertiary alicyclic amines) is 1. The van der Waals surface area contributed by atoms with E-state index in [0.29, 0.717) is 18.4 Å². The molecule has 8 heteroatoms. The molecule has 1 fully saturated rings. The van der Waals surface area contributed by atoms with E-state index in [1.54, 1.807) is 6.20 Å². The highest BCUT2D eigenvalue weighted by atomic mass is 16.5. The lowest BCUT2D eigenvalue weighted by Gasteiger charge is -2.30. The highest BCUT2D eigenvalue weighted by molar-refractivity contribution is 5.66. The molecule has 3 rings (SSSR count). The molecule has 0 aromatic carbocycles. The molecule has 1 aliphatic heterocycles. The van der Waals surface area contributed by atoms with Crippen molar-refractivity contribution in [2.24, 2.45) is 0 Å². The Kier molecular flexibility index (Phi) is 4.71. The van der Waals surface area contributed by atoms with Crippen LogP contribution in [0.1, 0.15) is 43.1 Å². The van der Waals surface area contributed by atoms with Crippen LogP contribution in [0.3, 0.4) is 0 Å². The summed E-state index contributed by atoms with van der Waals surface area (Å²) in [6.45, 7) is 4.42. The number of aryl methyl sites for hydroxylation is 1. The van der Waals surface area contributed by atoms with Gasteiger partial charge in [-0.2, -0.15) is 10.1 Å². The summed E-state index contributed by atoms with van der Waals surface area (Å²) in [5, 5.41) is 17.1. The van der Waals surface area contributed by atoms with E-state index < -0.39 is 5.97 Å². The van der Waals surface area contributed by atoms with Gasteiger partial charge in [0.1, 0.15) is 6.54 Å². The zero-order chi connectivity index (χ0) is 16.2. The van der Waals surface area contributed by atoms with Crippen LogP contribution in [0.4, 0.5) is 0 Å². The molecule has 0 spiro atoms. The summed E-state index contributed by atoms with van der Waals surface area (Å²) in [4.78, 5) is 17.4. The summed E-state index contributed by atoms with van der Waals surface area (Å²) in [5.41, 5.74) is 0.954. The number of carboxylic acids is 1. The predicted octanol–water partition coefficient (Wildman–Crippen LogP) is 1.29. The van der Waals surface area contributed by atoms with Gasteiger partial charge < -0.3 is 9.63 Å². The van der Waals surface area contributed by atoms with Crippen LogP contribution in [0.25, 0.3) is 0 Å². The third-order valence-corrected chi connectivity index (χ3v) is 4.07. The van der Waals surface area contributed by atoms with E-state index in [2.05, 4.69) is 20.1 Å². The fraction of sp³-hybridized carbons (Fsp3) is 0.600. The second kappa shape index (κ2) is 6.91. The van der Waals surface area contributed by atoms with Gasteiger partial charge in [-0.3, -0.25) is 14.4 Å². The molecule has 0 unspecified atom stereocenters. The average molecular weight is 319 g/mol. The van der Waals surface area contributed by atoms with Crippen LogP contribution in [-0.2, 0) is 24.3 Å². The Morgan fingerprint density at radius 3 is 3.13 bits per heavy atom. The highest BCUT2D eigenvalue weighted by Crippen LogP contribution is 2.26. The molecule has 2 aromatic rings. The minimum atomic E-state index is -0.881. The number of rotatable bonds is 6. The van der Waals surface area contributed by atoms with Crippen molar-refractivity contribution in [3.05, 3.63) is 29.7 Å². The Labute approximate surface area is 134 Å². The normalized spacial score (nSPS) is 19.1. The topological polar surface area (TPSA) is 97.3 Å². The van der Waals surface area contributed by atoms with Crippen molar-refractivity contribution in [2.75, 3.05) is 13.1 Å². The number of nitrogens with zero attached hydrogens (tertiary/aromatic N) is 5. The predicted molar refractivity (Wildman–Crippen MR) is 80.8 cm³/mol. The van der Waals surface area contributed by atoms with E-state index in [4.69, 9.17) is 9.63 Å². The number of piperidine rings is 1. The molecule has 1 atom stereocenters. The largest absolute Gasteiger partial charge is 0.480 e. The minimum absolute atomic E-state index is 0.0990. The van der Waals surface area contributed by atoms with Crippen LogP contribution < -0.4 is 0 Å². The fourth-order valence-electron chi connectivity index (χ4n) is 2.95. The maximum atomic E-state index is 10.7. The molecular formula is C15H21N5O3. The number of aromatic nitrogens is 4. The monoisotopic (exact) mass is 319 g/mol. The van der Waals surface area contributed by atoms with Crippen LogP contribution in [0.5, 0.6) is 0 Å². The van der Waals surface area contributed by atoms with E-state index in [9.17, 15) is 4.79 Å². The average Bonchev–Trinajstić information content (AvgIpc) is 3.16. The number of aliphatic carboxylic acids is 1. The first-order chi connectivity index (χ1) is 11.1. The van der Waals surface area contributed by atoms with Gasteiger partial charge in [0, 0.05) is 25.1 Å². The molecule has 8 nitrogen and oxygen atoms in total. The lowest BCUT2D eigenvalue weighted by Crippen LogP contribution is -2.34. The van der Waals surface area contributed by atoms with Crippen molar-refractivity contribution in [1.82, 2.24) is 24.8 Å². The van der Waals surface area contributed by atoms with Gasteiger partial charge in [0.25, 0.3) is 0 Å². The number of carbonyl (C=O) groups is 1. The SMILES string of the molecule is CCc1noc(CN2CCC[C@@H](c3ccn(CC(=O)O)n3)C2)n1.